The number of para-hydroxylation sites is 2. The lowest BCUT2D eigenvalue weighted by Crippen LogP contribution is -2.49. The normalized spacial score (nSPS) is 12.9. The molecule has 2 heterocycles. The van der Waals surface area contributed by atoms with Crippen LogP contribution in [-0.4, -0.2) is 111 Å². The van der Waals surface area contributed by atoms with Crippen molar-refractivity contribution < 1.29 is 44.3 Å². The number of benzene rings is 4. The van der Waals surface area contributed by atoms with Crippen molar-refractivity contribution in [3.63, 3.8) is 0 Å². The lowest BCUT2D eigenvalue weighted by molar-refractivity contribution is -0.152. The number of aliphatic carboxylic acids is 1. The second-order valence-electron chi connectivity index (χ2n) is 17.9. The first-order valence-corrected chi connectivity index (χ1v) is 27.7. The number of nitrogens with zero attached hydrogens (tertiary/aromatic N) is 4. The Morgan fingerprint density at radius 3 is 1.37 bits per heavy atom. The van der Waals surface area contributed by atoms with Gasteiger partial charge in [0.2, 0.25) is 6.79 Å². The van der Waals surface area contributed by atoms with Crippen LogP contribution >= 0.6 is 35.1 Å². The molecule has 2 aliphatic rings. The fourth-order valence-corrected chi connectivity index (χ4v) is 10.3. The van der Waals surface area contributed by atoms with Crippen molar-refractivity contribution in [2.45, 2.75) is 153 Å². The minimum absolute atomic E-state index is 0. The van der Waals surface area contributed by atoms with Crippen LogP contribution in [0.15, 0.2) is 105 Å². The Hall–Kier alpha value is -5.12. The number of piperazine rings is 2. The number of alkyl halides is 2. The molecule has 2 amide bonds. The molecule has 16 heteroatoms. The van der Waals surface area contributed by atoms with Crippen LogP contribution in [0, 0.1) is 27.7 Å². The van der Waals surface area contributed by atoms with E-state index in [2.05, 4.69) is 136 Å². The van der Waals surface area contributed by atoms with E-state index in [1.54, 1.807) is 33.3 Å². The second kappa shape index (κ2) is 39.3. The van der Waals surface area contributed by atoms with Crippen molar-refractivity contribution in [3.05, 3.63) is 107 Å². The van der Waals surface area contributed by atoms with E-state index < -0.39 is 19.2 Å². The molecule has 4 aromatic rings. The summed E-state index contributed by atoms with van der Waals surface area (Å²) in [6.45, 7) is 17.9. The molecule has 4 aromatic carbocycles. The van der Waals surface area contributed by atoms with E-state index in [-0.39, 0.29) is 39.8 Å². The summed E-state index contributed by atoms with van der Waals surface area (Å²) < 4.78 is 30.6. The average Bonchev–Trinajstić information content (AvgIpc) is 3.39. The topological polar surface area (TPSA) is 129 Å². The number of rotatable bonds is 21. The van der Waals surface area contributed by atoms with Gasteiger partial charge in [0.05, 0.1) is 19.9 Å². The van der Waals surface area contributed by atoms with Crippen LogP contribution in [-0.2, 0) is 23.8 Å². The first kappa shape index (κ1) is 66.0. The summed E-state index contributed by atoms with van der Waals surface area (Å²) in [5.74, 6) is -0.978. The minimum Gasteiger partial charge on any atom is -0.481 e. The zero-order valence-electron chi connectivity index (χ0n) is 45.0. The predicted molar refractivity (Wildman–Crippen MR) is 310 cm³/mol. The Bertz CT molecular complexity index is 2280. The summed E-state index contributed by atoms with van der Waals surface area (Å²) in [4.78, 5) is 59.0. The molecular formula is C59H88ClFN4O8S2. The minimum atomic E-state index is -1.00. The SMILES string of the molecule is C.C.CCCCCCCC(=O)O.CCCCCCCC(=O)OCOC(=O)N1CCN(c2ccccc2Sc2ccc(C)cc2C)CC1.Cc1ccc(Sc2ccccc2N2CCN(C(=O)OCCl)CC2)c(C)c1.[2H]CF. The van der Waals surface area contributed by atoms with Gasteiger partial charge in [-0.25, -0.2) is 9.59 Å². The van der Waals surface area contributed by atoms with Crippen molar-refractivity contribution in [2.75, 3.05) is 82.2 Å². The molecule has 0 bridgehead atoms. The molecule has 0 atom stereocenters. The van der Waals surface area contributed by atoms with Gasteiger partial charge in [-0.2, -0.15) is 0 Å². The van der Waals surface area contributed by atoms with Gasteiger partial charge in [0.1, 0.15) is 0 Å². The maximum atomic E-state index is 12.4. The first-order valence-electron chi connectivity index (χ1n) is 26.3. The smallest absolute Gasteiger partial charge is 0.412 e. The summed E-state index contributed by atoms with van der Waals surface area (Å²) in [7, 11) is -1.00. The van der Waals surface area contributed by atoms with Crippen LogP contribution in [0.4, 0.5) is 25.4 Å². The number of hydrogen-bond donors (Lipinski definition) is 1. The molecule has 12 nitrogen and oxygen atoms in total. The molecule has 0 aromatic heterocycles. The Morgan fingerprint density at radius 2 is 0.973 bits per heavy atom. The van der Waals surface area contributed by atoms with Crippen molar-refractivity contribution in [1.82, 2.24) is 9.80 Å². The highest BCUT2D eigenvalue weighted by molar-refractivity contribution is 7.99. The molecule has 75 heavy (non-hydrogen) atoms. The highest BCUT2D eigenvalue weighted by Gasteiger charge is 2.25. The maximum absolute atomic E-state index is 12.4. The van der Waals surface area contributed by atoms with Gasteiger partial charge < -0.3 is 38.9 Å². The van der Waals surface area contributed by atoms with Crippen molar-refractivity contribution >= 4 is 70.6 Å². The highest BCUT2D eigenvalue weighted by Crippen LogP contribution is 2.39. The number of halogens is 2. The van der Waals surface area contributed by atoms with Gasteiger partial charge in [-0.05, 0) is 88.1 Å². The summed E-state index contributed by atoms with van der Waals surface area (Å²) in [5, 5.41) is 8.27. The quantitative estimate of drug-likeness (QED) is 0.0369. The number of hydrogen-bond acceptors (Lipinski definition) is 11. The van der Waals surface area contributed by atoms with Gasteiger partial charge in [-0.1, -0.05) is 175 Å². The van der Waals surface area contributed by atoms with E-state index in [0.717, 1.165) is 58.3 Å². The third-order valence-electron chi connectivity index (χ3n) is 12.1. The van der Waals surface area contributed by atoms with E-state index >= 15 is 0 Å². The molecule has 2 aliphatic heterocycles. The van der Waals surface area contributed by atoms with Crippen molar-refractivity contribution in [3.8, 4) is 0 Å². The number of amides is 2. The number of unbranched alkanes of at least 4 members (excludes halogenated alkanes) is 8. The van der Waals surface area contributed by atoms with Crippen molar-refractivity contribution in [2.24, 2.45) is 0 Å². The van der Waals surface area contributed by atoms with E-state index in [1.165, 1.54) is 85.3 Å². The lowest BCUT2D eigenvalue weighted by Gasteiger charge is -2.36. The van der Waals surface area contributed by atoms with Gasteiger partial charge >= 0.3 is 24.1 Å². The number of carbonyl (C=O) groups excluding carboxylic acids is 3. The van der Waals surface area contributed by atoms with Gasteiger partial charge in [0, 0.05) is 84.8 Å². The summed E-state index contributed by atoms with van der Waals surface area (Å²) >= 11 is 9.05. The fourth-order valence-electron chi connectivity index (χ4n) is 8.13. The molecule has 0 aliphatic carbocycles. The van der Waals surface area contributed by atoms with Crippen LogP contribution in [0.25, 0.3) is 0 Å². The van der Waals surface area contributed by atoms with E-state index in [9.17, 15) is 23.6 Å². The van der Waals surface area contributed by atoms with E-state index in [4.69, 9.17) is 32.3 Å². The molecular weight excluding hydrogens is 1010 g/mol. The summed E-state index contributed by atoms with van der Waals surface area (Å²) in [5.41, 5.74) is 7.50. The monoisotopic (exact) mass is 1100 g/mol. The maximum Gasteiger partial charge on any atom is 0.412 e. The van der Waals surface area contributed by atoms with Gasteiger partial charge in [0.25, 0.3) is 0 Å². The Kier molecular flexibility index (Phi) is 34.6. The van der Waals surface area contributed by atoms with Crippen molar-refractivity contribution in [1.29, 1.82) is 0 Å². The second-order valence-corrected chi connectivity index (χ2v) is 20.3. The van der Waals surface area contributed by atoms with Crippen LogP contribution in [0.5, 0.6) is 0 Å². The molecule has 0 saturated carbocycles. The number of esters is 1. The third-order valence-corrected chi connectivity index (χ3v) is 14.7. The number of ether oxygens (including phenoxy) is 3. The molecule has 2 saturated heterocycles. The van der Waals surface area contributed by atoms with Gasteiger partial charge in [-0.15, -0.1) is 0 Å². The Balaban J connectivity index is 0.000000618. The third kappa shape index (κ3) is 25.5. The molecule has 418 valence electrons. The van der Waals surface area contributed by atoms with Gasteiger partial charge in [-0.3, -0.25) is 14.0 Å². The molecule has 0 unspecified atom stereocenters. The molecule has 0 radical (unpaired) electrons. The van der Waals surface area contributed by atoms with Crippen LogP contribution < -0.4 is 9.80 Å². The fraction of sp³-hybridized carbons (Fsp3) is 0.525. The number of carboxylic acid groups (broad SMARTS) is 1. The first-order chi connectivity index (χ1) is 35.7. The highest BCUT2D eigenvalue weighted by atomic mass is 35.5. The lowest BCUT2D eigenvalue weighted by atomic mass is 10.1. The van der Waals surface area contributed by atoms with Crippen LogP contribution in [0.2, 0.25) is 0 Å². The number of carbonyl (C=O) groups is 4. The number of anilines is 2. The standard InChI is InChI=1S/C28H38N2O4S.C20H23ClN2O2S.C8H16O2.CH3F.2CH4/c1-4-5-6-7-8-13-27(31)33-21-34-28(32)30-18-16-29(17-19-30)24-11-9-10-12-26(24)35-25-15-14-22(2)20-23(25)3;1-15-7-8-18(16(2)13-15)26-19-6-4-3-5-17(19)22-9-11-23(12-10-22)20(24)25-14-21;1-2-3-4-5-6-7-8(9)10;1-2;;/h9-12,14-15,20H,4-8,13,16-19,21H2,1-3H3;3-8,13H,9-12,14H2,1-2H3;2-7H2,1H3,(H,9,10);1H3;2*1H4/i;;;1D;;. The molecule has 1 N–H and O–H groups in total. The number of aryl methyl sites for hydroxylation is 4. The molecule has 2 fully saturated rings. The molecule has 0 spiro atoms. The zero-order chi connectivity index (χ0) is 54.1. The summed E-state index contributed by atoms with van der Waals surface area (Å²) in [6.07, 6.45) is 10.8. The largest absolute Gasteiger partial charge is 0.481 e. The predicted octanol–water partition coefficient (Wildman–Crippen LogP) is 15.8. The van der Waals surface area contributed by atoms with E-state index in [0.29, 0.717) is 39.0 Å². The van der Waals surface area contributed by atoms with Crippen LogP contribution in [0.1, 0.15) is 129 Å². The van der Waals surface area contributed by atoms with E-state index in [1.807, 2.05) is 0 Å². The Labute approximate surface area is 464 Å². The Morgan fingerprint density at radius 1 is 0.573 bits per heavy atom. The zero-order valence-corrected chi connectivity index (χ0v) is 46.4. The van der Waals surface area contributed by atoms with Crippen LogP contribution in [0.3, 0.4) is 0 Å². The average molecular weight is 1100 g/mol. The van der Waals surface area contributed by atoms with Gasteiger partial charge in [0.15, 0.2) is 6.07 Å². The number of carboxylic acids is 1. The summed E-state index contributed by atoms with van der Waals surface area (Å²) in [6, 6.07) is 29.8. The molecule has 6 rings (SSSR count).